The number of pyridine rings is 1. The van der Waals surface area contributed by atoms with Gasteiger partial charge < -0.3 is 9.64 Å². The predicted molar refractivity (Wildman–Crippen MR) is 93.7 cm³/mol. The van der Waals surface area contributed by atoms with Crippen LogP contribution in [0.1, 0.15) is 17.0 Å². The Morgan fingerprint density at radius 2 is 1.89 bits per heavy atom. The molecule has 1 aliphatic rings. The quantitative estimate of drug-likeness (QED) is 0.709. The molecule has 1 aliphatic heterocycles. The highest BCUT2D eigenvalue weighted by Gasteiger charge is 2.47. The van der Waals surface area contributed by atoms with Crippen LogP contribution in [0.5, 0.6) is 5.88 Å². The first-order valence-corrected chi connectivity index (χ1v) is 8.49. The molecule has 1 saturated heterocycles. The molecule has 0 N–H and O–H groups in total. The van der Waals surface area contributed by atoms with Crippen LogP contribution in [0.15, 0.2) is 54.9 Å². The highest BCUT2D eigenvalue weighted by atomic mass is 19.3. The maximum absolute atomic E-state index is 14.4. The fourth-order valence-corrected chi connectivity index (χ4v) is 2.99. The van der Waals surface area contributed by atoms with Gasteiger partial charge in [0.1, 0.15) is 0 Å². The molecule has 0 saturated carbocycles. The summed E-state index contributed by atoms with van der Waals surface area (Å²) in [6.45, 7) is -0.353. The minimum Gasteiger partial charge on any atom is -0.466 e. The molecule has 0 radical (unpaired) electrons. The molecule has 0 spiro atoms. The second-order valence-electron chi connectivity index (χ2n) is 6.28. The van der Waals surface area contributed by atoms with Crippen LogP contribution in [-0.4, -0.2) is 50.9 Å². The van der Waals surface area contributed by atoms with Crippen molar-refractivity contribution in [3.63, 3.8) is 0 Å². The Kier molecular flexibility index (Phi) is 4.39. The van der Waals surface area contributed by atoms with E-state index in [1.807, 2.05) is 18.2 Å². The molecule has 2 aromatic heterocycles. The number of para-hydroxylation sites is 1. The molecular weight excluding hydrogens is 354 g/mol. The van der Waals surface area contributed by atoms with E-state index in [2.05, 4.69) is 15.0 Å². The number of likely N-dealkylation sites (tertiary alicyclic amines) is 1. The number of nitrogens with zero attached hydrogens (tertiary/aromatic N) is 4. The number of amides is 1. The lowest BCUT2D eigenvalue weighted by molar-refractivity contribution is -0.131. The van der Waals surface area contributed by atoms with Gasteiger partial charge in [-0.25, -0.2) is 23.7 Å². The molecule has 3 heterocycles. The maximum Gasteiger partial charge on any atom is 0.291 e. The Morgan fingerprint density at radius 3 is 2.70 bits per heavy atom. The van der Waals surface area contributed by atoms with E-state index >= 15 is 0 Å². The number of carbonyl (C=O) groups excluding carboxylic acids is 1. The Balaban J connectivity index is 1.54. The number of benzene rings is 1. The van der Waals surface area contributed by atoms with Crippen molar-refractivity contribution in [2.45, 2.75) is 18.4 Å². The van der Waals surface area contributed by atoms with E-state index in [1.54, 1.807) is 24.3 Å². The average Bonchev–Trinajstić information content (AvgIpc) is 2.69. The SMILES string of the molecule is O=C(c1ncccn1)N1CCC(F)(F)C(Oc2ccc3ccccc3n2)C1. The van der Waals surface area contributed by atoms with E-state index in [4.69, 9.17) is 4.74 Å². The second kappa shape index (κ2) is 6.86. The number of carbonyl (C=O) groups is 1. The van der Waals surface area contributed by atoms with Crippen molar-refractivity contribution >= 4 is 16.8 Å². The molecular formula is C19H16F2N4O2. The Labute approximate surface area is 153 Å². The molecule has 0 aliphatic carbocycles. The number of aromatic nitrogens is 3. The third-order valence-electron chi connectivity index (χ3n) is 4.45. The molecule has 1 amide bonds. The van der Waals surface area contributed by atoms with Gasteiger partial charge in [0.2, 0.25) is 11.7 Å². The third kappa shape index (κ3) is 3.55. The minimum absolute atomic E-state index is 0.0229. The lowest BCUT2D eigenvalue weighted by atomic mass is 10.0. The topological polar surface area (TPSA) is 68.2 Å². The summed E-state index contributed by atoms with van der Waals surface area (Å²) in [5, 5.41) is 0.887. The van der Waals surface area contributed by atoms with Crippen LogP contribution in [0.4, 0.5) is 8.78 Å². The van der Waals surface area contributed by atoms with Crippen molar-refractivity contribution in [1.82, 2.24) is 19.9 Å². The molecule has 3 aromatic rings. The fourth-order valence-electron chi connectivity index (χ4n) is 2.99. The van der Waals surface area contributed by atoms with Crippen molar-refractivity contribution < 1.29 is 18.3 Å². The second-order valence-corrected chi connectivity index (χ2v) is 6.28. The van der Waals surface area contributed by atoms with Gasteiger partial charge in [-0.2, -0.15) is 0 Å². The van der Waals surface area contributed by atoms with Gasteiger partial charge in [0, 0.05) is 36.8 Å². The first-order valence-electron chi connectivity index (χ1n) is 8.49. The highest BCUT2D eigenvalue weighted by Crippen LogP contribution is 2.32. The average molecular weight is 370 g/mol. The lowest BCUT2D eigenvalue weighted by Crippen LogP contribution is -2.55. The van der Waals surface area contributed by atoms with Crippen LogP contribution in [0.3, 0.4) is 0 Å². The first kappa shape index (κ1) is 17.3. The largest absolute Gasteiger partial charge is 0.466 e. The van der Waals surface area contributed by atoms with Gasteiger partial charge in [-0.05, 0) is 18.2 Å². The van der Waals surface area contributed by atoms with Gasteiger partial charge in [0.15, 0.2) is 6.10 Å². The molecule has 8 heteroatoms. The zero-order valence-electron chi connectivity index (χ0n) is 14.3. The number of rotatable bonds is 3. The number of ether oxygens (including phenoxy) is 1. The molecule has 0 bridgehead atoms. The molecule has 1 aromatic carbocycles. The Morgan fingerprint density at radius 1 is 1.11 bits per heavy atom. The predicted octanol–water partition coefficient (Wildman–Crippen LogP) is 2.95. The van der Waals surface area contributed by atoms with E-state index in [-0.39, 0.29) is 24.8 Å². The van der Waals surface area contributed by atoms with Crippen molar-refractivity contribution in [1.29, 1.82) is 0 Å². The highest BCUT2D eigenvalue weighted by molar-refractivity contribution is 5.90. The molecule has 1 atom stereocenters. The van der Waals surface area contributed by atoms with Crippen LogP contribution < -0.4 is 4.74 Å². The monoisotopic (exact) mass is 370 g/mol. The van der Waals surface area contributed by atoms with Gasteiger partial charge in [-0.15, -0.1) is 0 Å². The number of fused-ring (bicyclic) bond motifs is 1. The number of alkyl halides is 2. The zero-order chi connectivity index (χ0) is 18.9. The first-order chi connectivity index (χ1) is 13.0. The Bertz CT molecular complexity index is 968. The summed E-state index contributed by atoms with van der Waals surface area (Å²) >= 11 is 0. The normalized spacial score (nSPS) is 19.0. The minimum atomic E-state index is -3.07. The third-order valence-corrected chi connectivity index (χ3v) is 4.45. The molecule has 1 unspecified atom stereocenters. The van der Waals surface area contributed by atoms with E-state index in [1.165, 1.54) is 17.3 Å². The van der Waals surface area contributed by atoms with Gasteiger partial charge in [0.05, 0.1) is 12.1 Å². The van der Waals surface area contributed by atoms with Crippen LogP contribution in [0.2, 0.25) is 0 Å². The molecule has 1 fully saturated rings. The van der Waals surface area contributed by atoms with Crippen LogP contribution in [0.25, 0.3) is 10.9 Å². The molecule has 138 valence electrons. The van der Waals surface area contributed by atoms with Crippen LogP contribution in [0, 0.1) is 0 Å². The van der Waals surface area contributed by atoms with Crippen molar-refractivity contribution in [2.75, 3.05) is 13.1 Å². The fraction of sp³-hybridized carbons (Fsp3) is 0.263. The van der Waals surface area contributed by atoms with E-state index in [0.29, 0.717) is 5.52 Å². The van der Waals surface area contributed by atoms with E-state index < -0.39 is 24.4 Å². The van der Waals surface area contributed by atoms with Gasteiger partial charge >= 0.3 is 0 Å². The van der Waals surface area contributed by atoms with Crippen molar-refractivity contribution in [3.05, 3.63) is 60.7 Å². The number of halogens is 2. The molecule has 27 heavy (non-hydrogen) atoms. The maximum atomic E-state index is 14.4. The molecule has 4 rings (SSSR count). The Hall–Kier alpha value is -3.16. The van der Waals surface area contributed by atoms with Gasteiger partial charge in [-0.1, -0.05) is 18.2 Å². The van der Waals surface area contributed by atoms with E-state index in [0.717, 1.165) is 5.39 Å². The summed E-state index contributed by atoms with van der Waals surface area (Å²) < 4.78 is 34.3. The molecule has 6 nitrogen and oxygen atoms in total. The number of hydrogen-bond donors (Lipinski definition) is 0. The van der Waals surface area contributed by atoms with E-state index in [9.17, 15) is 13.6 Å². The number of piperidine rings is 1. The van der Waals surface area contributed by atoms with Gasteiger partial charge in [0.25, 0.3) is 11.8 Å². The summed E-state index contributed by atoms with van der Waals surface area (Å²) in [5.74, 6) is -3.48. The smallest absolute Gasteiger partial charge is 0.291 e. The zero-order valence-corrected chi connectivity index (χ0v) is 14.3. The van der Waals surface area contributed by atoms with Crippen molar-refractivity contribution in [2.24, 2.45) is 0 Å². The summed E-state index contributed by atoms with van der Waals surface area (Å²) in [7, 11) is 0. The summed E-state index contributed by atoms with van der Waals surface area (Å²) in [4.78, 5) is 25.8. The van der Waals surface area contributed by atoms with Gasteiger partial charge in [-0.3, -0.25) is 4.79 Å². The summed E-state index contributed by atoms with van der Waals surface area (Å²) in [6, 6.07) is 12.2. The van der Waals surface area contributed by atoms with Crippen LogP contribution in [-0.2, 0) is 0 Å². The summed E-state index contributed by atoms with van der Waals surface area (Å²) in [5.41, 5.74) is 0.653. The van der Waals surface area contributed by atoms with Crippen molar-refractivity contribution in [3.8, 4) is 5.88 Å². The lowest BCUT2D eigenvalue weighted by Gasteiger charge is -2.37. The standard InChI is InChI=1S/C19H16F2N4O2/c20-19(21)8-11-25(18(26)17-22-9-3-10-23-17)12-15(19)27-16-7-6-13-4-1-2-5-14(13)24-16/h1-7,9-10,15H,8,11-12H2. The number of hydrogen-bond acceptors (Lipinski definition) is 5. The van der Waals surface area contributed by atoms with Crippen LogP contribution >= 0.6 is 0 Å². The summed E-state index contributed by atoms with van der Waals surface area (Å²) in [6.07, 6.45) is 0.883.